The first kappa shape index (κ1) is 14.3. The van der Waals surface area contributed by atoms with Crippen LogP contribution in [0.2, 0.25) is 0 Å². The molecule has 0 spiro atoms. The van der Waals surface area contributed by atoms with E-state index in [0.29, 0.717) is 11.7 Å². The molecule has 2 atom stereocenters. The maximum absolute atomic E-state index is 12.5. The van der Waals surface area contributed by atoms with Crippen molar-refractivity contribution in [3.05, 3.63) is 24.3 Å². The Morgan fingerprint density at radius 1 is 1.16 bits per heavy atom. The molecular formula is C14H19BF3O-. The van der Waals surface area contributed by atoms with Gasteiger partial charge in [0.05, 0.1) is 6.10 Å². The van der Waals surface area contributed by atoms with Crippen molar-refractivity contribution in [3.8, 4) is 5.75 Å². The van der Waals surface area contributed by atoms with Crippen LogP contribution in [0.25, 0.3) is 0 Å². The minimum Gasteiger partial charge on any atom is -0.490 e. The first-order chi connectivity index (χ1) is 8.99. The van der Waals surface area contributed by atoms with Crippen LogP contribution in [0.1, 0.15) is 39.0 Å². The van der Waals surface area contributed by atoms with Gasteiger partial charge >= 0.3 is 6.98 Å². The molecular weight excluding hydrogens is 252 g/mol. The van der Waals surface area contributed by atoms with E-state index in [1.54, 1.807) is 0 Å². The van der Waals surface area contributed by atoms with Crippen LogP contribution in [0, 0.1) is 5.92 Å². The lowest BCUT2D eigenvalue weighted by Crippen LogP contribution is -2.33. The molecule has 0 bridgehead atoms. The minimum absolute atomic E-state index is 0.154. The van der Waals surface area contributed by atoms with E-state index >= 15 is 0 Å². The van der Waals surface area contributed by atoms with Crippen LogP contribution >= 0.6 is 0 Å². The van der Waals surface area contributed by atoms with Crippen molar-refractivity contribution in [2.24, 2.45) is 5.92 Å². The van der Waals surface area contributed by atoms with Gasteiger partial charge in [-0.25, -0.2) is 0 Å². The molecule has 1 aliphatic carbocycles. The molecule has 19 heavy (non-hydrogen) atoms. The molecule has 106 valence electrons. The van der Waals surface area contributed by atoms with E-state index in [-0.39, 0.29) is 6.10 Å². The zero-order chi connectivity index (χ0) is 13.9. The highest BCUT2D eigenvalue weighted by Gasteiger charge is 2.25. The molecule has 2 rings (SSSR count). The largest absolute Gasteiger partial charge is 0.509 e. The molecule has 2 unspecified atom stereocenters. The molecule has 0 amide bonds. The predicted octanol–water partition coefficient (Wildman–Crippen LogP) is 4.09. The molecule has 0 heterocycles. The Hall–Kier alpha value is -1.13. The van der Waals surface area contributed by atoms with Gasteiger partial charge in [-0.15, -0.1) is 5.46 Å². The Morgan fingerprint density at radius 2 is 1.84 bits per heavy atom. The average Bonchev–Trinajstić information content (AvgIpc) is 2.38. The van der Waals surface area contributed by atoms with E-state index in [0.717, 1.165) is 37.8 Å². The van der Waals surface area contributed by atoms with Crippen LogP contribution in [0.5, 0.6) is 5.75 Å². The molecule has 0 radical (unpaired) electrons. The summed E-state index contributed by atoms with van der Waals surface area (Å²) in [6, 6.07) is 5.07. The highest BCUT2D eigenvalue weighted by molar-refractivity contribution is 6.73. The maximum atomic E-state index is 12.5. The molecule has 1 fully saturated rings. The summed E-state index contributed by atoms with van der Waals surface area (Å²) in [5, 5.41) is 0. The fourth-order valence-electron chi connectivity index (χ4n) is 2.68. The molecule has 1 aromatic carbocycles. The van der Waals surface area contributed by atoms with Crippen molar-refractivity contribution >= 4 is 12.4 Å². The number of hydrogen-bond acceptors (Lipinski definition) is 1. The van der Waals surface area contributed by atoms with Gasteiger partial charge in [0.15, 0.2) is 0 Å². The van der Waals surface area contributed by atoms with Crippen molar-refractivity contribution in [1.82, 2.24) is 0 Å². The van der Waals surface area contributed by atoms with E-state index in [1.165, 1.54) is 18.6 Å². The highest BCUT2D eigenvalue weighted by Crippen LogP contribution is 2.29. The predicted molar refractivity (Wildman–Crippen MR) is 71.8 cm³/mol. The highest BCUT2D eigenvalue weighted by atomic mass is 19.4. The summed E-state index contributed by atoms with van der Waals surface area (Å²) < 4.78 is 43.3. The average molecular weight is 271 g/mol. The van der Waals surface area contributed by atoms with E-state index in [4.69, 9.17) is 4.74 Å². The fourth-order valence-corrected chi connectivity index (χ4v) is 2.68. The summed E-state index contributed by atoms with van der Waals surface area (Å²) in [6.07, 6.45) is 5.71. The number of benzene rings is 1. The Labute approximate surface area is 112 Å². The maximum Gasteiger partial charge on any atom is 0.509 e. The van der Waals surface area contributed by atoms with Crippen LogP contribution in [0.4, 0.5) is 12.9 Å². The summed E-state index contributed by atoms with van der Waals surface area (Å²) >= 11 is 0. The van der Waals surface area contributed by atoms with Gasteiger partial charge in [-0.05, 0) is 37.3 Å². The van der Waals surface area contributed by atoms with E-state index < -0.39 is 12.4 Å². The molecule has 1 aliphatic rings. The molecule has 1 saturated carbocycles. The van der Waals surface area contributed by atoms with E-state index in [9.17, 15) is 12.9 Å². The third kappa shape index (κ3) is 3.92. The standard InChI is InChI=1S/C14H19BF3O/c1-2-11-4-3-5-14(10-11)19-13-8-6-12(7-9-13)15(16,17)18/h6-9,11,14H,2-5,10H2,1H3/q-1. The normalized spacial score (nSPS) is 24.2. The van der Waals surface area contributed by atoms with E-state index in [1.807, 2.05) is 0 Å². The number of halogens is 3. The van der Waals surface area contributed by atoms with Crippen LogP contribution in [0.3, 0.4) is 0 Å². The van der Waals surface area contributed by atoms with Gasteiger partial charge in [-0.2, -0.15) is 0 Å². The lowest BCUT2D eigenvalue weighted by molar-refractivity contribution is 0.122. The van der Waals surface area contributed by atoms with Gasteiger partial charge < -0.3 is 17.7 Å². The second-order valence-electron chi connectivity index (χ2n) is 5.32. The van der Waals surface area contributed by atoms with Crippen molar-refractivity contribution in [3.63, 3.8) is 0 Å². The first-order valence-electron chi connectivity index (χ1n) is 6.95. The summed E-state index contributed by atoms with van der Waals surface area (Å²) in [5.74, 6) is 1.24. The molecule has 0 aliphatic heterocycles. The lowest BCUT2D eigenvalue weighted by atomic mass is 9.80. The Kier molecular flexibility index (Phi) is 4.43. The van der Waals surface area contributed by atoms with Gasteiger partial charge in [0.1, 0.15) is 5.75 Å². The number of rotatable bonds is 4. The van der Waals surface area contributed by atoms with Crippen LogP contribution in [-0.2, 0) is 0 Å². The monoisotopic (exact) mass is 271 g/mol. The van der Waals surface area contributed by atoms with Crippen molar-refractivity contribution in [2.75, 3.05) is 0 Å². The molecule has 1 nitrogen and oxygen atoms in total. The van der Waals surface area contributed by atoms with Crippen molar-refractivity contribution < 1.29 is 17.7 Å². The summed E-state index contributed by atoms with van der Waals surface area (Å²) in [7, 11) is 0. The zero-order valence-corrected chi connectivity index (χ0v) is 11.1. The summed E-state index contributed by atoms with van der Waals surface area (Å²) in [5.41, 5.74) is -0.567. The lowest BCUT2D eigenvalue weighted by Gasteiger charge is -2.29. The van der Waals surface area contributed by atoms with Crippen LogP contribution in [0.15, 0.2) is 24.3 Å². The second kappa shape index (κ2) is 5.89. The van der Waals surface area contributed by atoms with Crippen molar-refractivity contribution in [2.45, 2.75) is 45.1 Å². The smallest absolute Gasteiger partial charge is 0.490 e. The molecule has 5 heteroatoms. The number of ether oxygens (including phenoxy) is 1. The quantitative estimate of drug-likeness (QED) is 0.749. The second-order valence-corrected chi connectivity index (χ2v) is 5.32. The molecule has 0 aromatic heterocycles. The van der Waals surface area contributed by atoms with Crippen LogP contribution < -0.4 is 10.2 Å². The van der Waals surface area contributed by atoms with Gasteiger partial charge in [-0.1, -0.05) is 31.9 Å². The fraction of sp³-hybridized carbons (Fsp3) is 0.571. The molecule has 0 N–H and O–H groups in total. The van der Waals surface area contributed by atoms with Gasteiger partial charge in [-0.3, -0.25) is 0 Å². The topological polar surface area (TPSA) is 9.23 Å². The number of hydrogen-bond donors (Lipinski definition) is 0. The SMILES string of the molecule is CCC1CCCC(Oc2ccc([B-](F)(F)F)cc2)C1. The first-order valence-corrected chi connectivity index (χ1v) is 6.95. The van der Waals surface area contributed by atoms with Crippen molar-refractivity contribution in [1.29, 1.82) is 0 Å². The Bertz CT molecular complexity index is 402. The molecule has 0 saturated heterocycles. The summed E-state index contributed by atoms with van der Waals surface area (Å²) in [6.45, 7) is -2.74. The van der Waals surface area contributed by atoms with E-state index in [2.05, 4.69) is 6.92 Å². The molecule has 1 aromatic rings. The third-order valence-corrected chi connectivity index (χ3v) is 3.87. The Balaban J connectivity index is 1.96. The van der Waals surface area contributed by atoms with Gasteiger partial charge in [0, 0.05) is 0 Å². The summed E-state index contributed by atoms with van der Waals surface area (Å²) in [4.78, 5) is 0. The zero-order valence-electron chi connectivity index (χ0n) is 11.1. The van der Waals surface area contributed by atoms with Crippen LogP contribution in [-0.4, -0.2) is 13.1 Å². The Morgan fingerprint density at radius 3 is 2.42 bits per heavy atom. The van der Waals surface area contributed by atoms with Gasteiger partial charge in [0.25, 0.3) is 0 Å². The van der Waals surface area contributed by atoms with Gasteiger partial charge in [0.2, 0.25) is 0 Å². The minimum atomic E-state index is -4.91. The third-order valence-electron chi connectivity index (χ3n) is 3.87.